The summed E-state index contributed by atoms with van der Waals surface area (Å²) >= 11 is 0. The highest BCUT2D eigenvalue weighted by atomic mass is 16.3. The number of carbonyl (C=O) groups is 1. The number of likely N-dealkylation sites (tertiary alicyclic amines) is 2. The first-order valence-electron chi connectivity index (χ1n) is 9.49. The third kappa shape index (κ3) is 6.77. The van der Waals surface area contributed by atoms with E-state index < -0.39 is 0 Å². The van der Waals surface area contributed by atoms with E-state index in [2.05, 4.69) is 22.0 Å². The van der Waals surface area contributed by atoms with Gasteiger partial charge in [0, 0.05) is 32.1 Å². The minimum Gasteiger partial charge on any atom is -0.390 e. The molecule has 0 spiro atoms. The van der Waals surface area contributed by atoms with Crippen LogP contribution in [0.15, 0.2) is 0 Å². The molecule has 5 heteroatoms. The maximum atomic E-state index is 11.7. The van der Waals surface area contributed by atoms with Gasteiger partial charge < -0.3 is 15.3 Å². The van der Waals surface area contributed by atoms with Crippen molar-refractivity contribution in [3.05, 3.63) is 0 Å². The van der Waals surface area contributed by atoms with Crippen LogP contribution in [0.25, 0.3) is 0 Å². The number of hydrogen-bond donors (Lipinski definition) is 2. The van der Waals surface area contributed by atoms with Crippen molar-refractivity contribution in [3.63, 3.8) is 0 Å². The second-order valence-corrected chi connectivity index (χ2v) is 7.55. The van der Waals surface area contributed by atoms with Crippen LogP contribution < -0.4 is 5.32 Å². The maximum absolute atomic E-state index is 11.7. The normalized spacial score (nSPS) is 26.1. The minimum absolute atomic E-state index is 0.169. The van der Waals surface area contributed by atoms with E-state index >= 15 is 0 Å². The predicted octanol–water partition coefficient (Wildman–Crippen LogP) is 1.46. The predicted molar refractivity (Wildman–Crippen MR) is 93.4 cm³/mol. The number of nitrogens with one attached hydrogen (secondary N) is 1. The van der Waals surface area contributed by atoms with Crippen LogP contribution in [0.1, 0.15) is 52.4 Å². The van der Waals surface area contributed by atoms with E-state index in [4.69, 9.17) is 0 Å². The van der Waals surface area contributed by atoms with Gasteiger partial charge in [-0.15, -0.1) is 0 Å². The van der Waals surface area contributed by atoms with Gasteiger partial charge in [-0.05, 0) is 57.7 Å². The molecule has 5 nitrogen and oxygen atoms in total. The van der Waals surface area contributed by atoms with Crippen LogP contribution in [-0.4, -0.2) is 72.2 Å². The van der Waals surface area contributed by atoms with Crippen molar-refractivity contribution in [2.24, 2.45) is 5.92 Å². The summed E-state index contributed by atoms with van der Waals surface area (Å²) in [5.74, 6) is 1.00. The first kappa shape index (κ1) is 18.7. The van der Waals surface area contributed by atoms with Crippen molar-refractivity contribution in [1.29, 1.82) is 0 Å². The highest BCUT2D eigenvalue weighted by molar-refractivity contribution is 5.76. The van der Waals surface area contributed by atoms with Gasteiger partial charge in [0.2, 0.25) is 5.91 Å². The summed E-state index contributed by atoms with van der Waals surface area (Å²) in [4.78, 5) is 16.5. The van der Waals surface area contributed by atoms with E-state index in [1.807, 2.05) is 6.92 Å². The molecule has 0 aromatic rings. The van der Waals surface area contributed by atoms with Gasteiger partial charge in [-0.1, -0.05) is 13.8 Å². The molecule has 2 atom stereocenters. The number of amides is 1. The van der Waals surface area contributed by atoms with Crippen molar-refractivity contribution in [2.75, 3.05) is 39.3 Å². The van der Waals surface area contributed by atoms with Gasteiger partial charge in [0.05, 0.1) is 6.10 Å². The van der Waals surface area contributed by atoms with Gasteiger partial charge in [-0.3, -0.25) is 9.69 Å². The molecular formula is C18H35N3O2. The Bertz CT molecular complexity index is 356. The largest absolute Gasteiger partial charge is 0.390 e. The van der Waals surface area contributed by atoms with Crippen molar-refractivity contribution in [3.8, 4) is 0 Å². The van der Waals surface area contributed by atoms with E-state index in [-0.39, 0.29) is 18.1 Å². The standard InChI is InChI=1S/C18H35N3O2/c1-3-5-18(23)19-16-6-4-9-21(12-16)14-17(22)13-20-10-7-15(2)8-11-20/h15-17,22H,3-14H2,1-2H3,(H,19,23). The zero-order valence-electron chi connectivity index (χ0n) is 15.0. The molecular weight excluding hydrogens is 290 g/mol. The monoisotopic (exact) mass is 325 g/mol. The molecule has 0 bridgehead atoms. The third-order valence-corrected chi connectivity index (χ3v) is 5.16. The number of nitrogens with zero attached hydrogens (tertiary/aromatic N) is 2. The van der Waals surface area contributed by atoms with Crippen molar-refractivity contribution in [1.82, 2.24) is 15.1 Å². The SMILES string of the molecule is CCCC(=O)NC1CCCN(CC(O)CN2CCC(C)CC2)C1. The summed E-state index contributed by atoms with van der Waals surface area (Å²) in [5.41, 5.74) is 0. The van der Waals surface area contributed by atoms with Crippen LogP contribution in [0.3, 0.4) is 0 Å². The molecule has 2 rings (SSSR count). The van der Waals surface area contributed by atoms with E-state index in [9.17, 15) is 9.90 Å². The first-order valence-corrected chi connectivity index (χ1v) is 9.49. The average Bonchev–Trinajstić information content (AvgIpc) is 2.50. The number of β-amino-alcohol motifs (C(OH)–C–C–N with tert-alkyl or cyclic N) is 1. The highest BCUT2D eigenvalue weighted by Gasteiger charge is 2.24. The summed E-state index contributed by atoms with van der Waals surface area (Å²) in [7, 11) is 0. The van der Waals surface area contributed by atoms with Crippen LogP contribution in [0.2, 0.25) is 0 Å². The molecule has 2 heterocycles. The molecule has 2 unspecified atom stereocenters. The van der Waals surface area contributed by atoms with E-state index in [1.165, 1.54) is 12.8 Å². The number of aliphatic hydroxyl groups is 1. The fraction of sp³-hybridized carbons (Fsp3) is 0.944. The summed E-state index contributed by atoms with van der Waals surface area (Å²) in [5, 5.41) is 13.5. The molecule has 0 aromatic heterocycles. The quantitative estimate of drug-likeness (QED) is 0.744. The van der Waals surface area contributed by atoms with Crippen molar-refractivity contribution >= 4 is 5.91 Å². The second kappa shape index (κ2) is 9.60. The Morgan fingerprint density at radius 1 is 1.17 bits per heavy atom. The van der Waals surface area contributed by atoms with E-state index in [1.54, 1.807) is 0 Å². The fourth-order valence-corrected chi connectivity index (χ4v) is 3.76. The molecule has 2 saturated heterocycles. The topological polar surface area (TPSA) is 55.8 Å². The van der Waals surface area contributed by atoms with Crippen LogP contribution in [0, 0.1) is 5.92 Å². The van der Waals surface area contributed by atoms with E-state index in [0.717, 1.165) is 64.4 Å². The zero-order valence-corrected chi connectivity index (χ0v) is 15.0. The maximum Gasteiger partial charge on any atom is 0.220 e. The van der Waals surface area contributed by atoms with Crippen LogP contribution in [0.5, 0.6) is 0 Å². The van der Waals surface area contributed by atoms with Gasteiger partial charge in [-0.25, -0.2) is 0 Å². The molecule has 2 fully saturated rings. The lowest BCUT2D eigenvalue weighted by molar-refractivity contribution is -0.122. The number of piperidine rings is 2. The van der Waals surface area contributed by atoms with Gasteiger partial charge in [-0.2, -0.15) is 0 Å². The van der Waals surface area contributed by atoms with Crippen LogP contribution in [0.4, 0.5) is 0 Å². The molecule has 1 amide bonds. The van der Waals surface area contributed by atoms with Crippen molar-refractivity contribution in [2.45, 2.75) is 64.5 Å². The lowest BCUT2D eigenvalue weighted by Gasteiger charge is -2.36. The molecule has 0 aromatic carbocycles. The number of carbonyl (C=O) groups excluding carboxylic acids is 1. The van der Waals surface area contributed by atoms with Gasteiger partial charge >= 0.3 is 0 Å². The molecule has 2 aliphatic heterocycles. The number of hydrogen-bond acceptors (Lipinski definition) is 4. The highest BCUT2D eigenvalue weighted by Crippen LogP contribution is 2.17. The molecule has 0 radical (unpaired) electrons. The van der Waals surface area contributed by atoms with E-state index in [0.29, 0.717) is 6.42 Å². The lowest BCUT2D eigenvalue weighted by atomic mass is 9.99. The Labute approximate surface area is 141 Å². The lowest BCUT2D eigenvalue weighted by Crippen LogP contribution is -2.51. The summed E-state index contributed by atoms with van der Waals surface area (Å²) in [6, 6.07) is 0.255. The molecule has 2 N–H and O–H groups in total. The summed E-state index contributed by atoms with van der Waals surface area (Å²) < 4.78 is 0. The zero-order chi connectivity index (χ0) is 16.7. The molecule has 23 heavy (non-hydrogen) atoms. The Hall–Kier alpha value is -0.650. The third-order valence-electron chi connectivity index (χ3n) is 5.16. The molecule has 134 valence electrons. The van der Waals surface area contributed by atoms with Gasteiger partial charge in [0.1, 0.15) is 0 Å². The summed E-state index contributed by atoms with van der Waals surface area (Å²) in [6.07, 6.45) is 5.90. The van der Waals surface area contributed by atoms with Crippen molar-refractivity contribution < 1.29 is 9.90 Å². The van der Waals surface area contributed by atoms with Crippen LogP contribution in [-0.2, 0) is 4.79 Å². The fourth-order valence-electron chi connectivity index (χ4n) is 3.76. The Morgan fingerprint density at radius 3 is 2.57 bits per heavy atom. The van der Waals surface area contributed by atoms with Crippen LogP contribution >= 0.6 is 0 Å². The van der Waals surface area contributed by atoms with Gasteiger partial charge in [0.25, 0.3) is 0 Å². The number of aliphatic hydroxyl groups excluding tert-OH is 1. The first-order chi connectivity index (χ1) is 11.1. The average molecular weight is 325 g/mol. The Balaban J connectivity index is 1.68. The molecule has 2 aliphatic rings. The second-order valence-electron chi connectivity index (χ2n) is 7.55. The summed E-state index contributed by atoms with van der Waals surface area (Å²) in [6.45, 7) is 10.0. The Kier molecular flexibility index (Phi) is 7.80. The number of rotatable bonds is 7. The smallest absolute Gasteiger partial charge is 0.220 e. The Morgan fingerprint density at radius 2 is 1.87 bits per heavy atom. The van der Waals surface area contributed by atoms with Gasteiger partial charge in [0.15, 0.2) is 0 Å². The minimum atomic E-state index is -0.284. The molecule has 0 saturated carbocycles. The molecule has 0 aliphatic carbocycles.